The summed E-state index contributed by atoms with van der Waals surface area (Å²) in [6, 6.07) is 0.683. The van der Waals surface area contributed by atoms with Gasteiger partial charge < -0.3 is 10.6 Å². The summed E-state index contributed by atoms with van der Waals surface area (Å²) in [6.07, 6.45) is 4.53. The van der Waals surface area contributed by atoms with Gasteiger partial charge in [-0.3, -0.25) is 9.69 Å². The molecule has 1 unspecified atom stereocenters. The number of nitrogens with one attached hydrogen (secondary N) is 2. The van der Waals surface area contributed by atoms with Gasteiger partial charge in [0.2, 0.25) is 5.91 Å². The molecule has 0 aromatic carbocycles. The number of hydrogen-bond donors (Lipinski definition) is 2. The van der Waals surface area contributed by atoms with Crippen LogP contribution in [0.25, 0.3) is 0 Å². The van der Waals surface area contributed by atoms with Crippen LogP contribution in [0.2, 0.25) is 0 Å². The van der Waals surface area contributed by atoms with Crippen LogP contribution in [0.3, 0.4) is 0 Å². The SMILES string of the molecule is CNCCC(=O)NCCN1CCCCC1C.Cl.Cl. The largest absolute Gasteiger partial charge is 0.355 e. The number of halogens is 2. The Hall–Kier alpha value is -0.0300. The van der Waals surface area contributed by atoms with Crippen molar-refractivity contribution < 1.29 is 4.79 Å². The lowest BCUT2D eigenvalue weighted by molar-refractivity contribution is -0.121. The molecule has 1 heterocycles. The summed E-state index contributed by atoms with van der Waals surface area (Å²) in [7, 11) is 1.86. The number of piperidine rings is 1. The molecule has 1 amide bonds. The van der Waals surface area contributed by atoms with Gasteiger partial charge in [-0.25, -0.2) is 0 Å². The molecule has 1 fully saturated rings. The summed E-state index contributed by atoms with van der Waals surface area (Å²) in [6.45, 7) is 6.00. The molecule has 0 bridgehead atoms. The molecular formula is C12H27Cl2N3O. The third-order valence-corrected chi connectivity index (χ3v) is 3.26. The zero-order valence-corrected chi connectivity index (χ0v) is 13.0. The molecule has 6 heteroatoms. The lowest BCUT2D eigenvalue weighted by Crippen LogP contribution is -2.42. The van der Waals surface area contributed by atoms with E-state index >= 15 is 0 Å². The highest BCUT2D eigenvalue weighted by molar-refractivity contribution is 5.85. The smallest absolute Gasteiger partial charge is 0.221 e. The van der Waals surface area contributed by atoms with E-state index in [4.69, 9.17) is 0 Å². The van der Waals surface area contributed by atoms with Gasteiger partial charge in [-0.15, -0.1) is 24.8 Å². The monoisotopic (exact) mass is 299 g/mol. The Kier molecular flexibility index (Phi) is 13.6. The summed E-state index contributed by atoms with van der Waals surface area (Å²) in [4.78, 5) is 13.8. The molecule has 1 aliphatic heterocycles. The van der Waals surface area contributed by atoms with Gasteiger partial charge in [-0.2, -0.15) is 0 Å². The van der Waals surface area contributed by atoms with Crippen LogP contribution < -0.4 is 10.6 Å². The summed E-state index contributed by atoms with van der Waals surface area (Å²) < 4.78 is 0. The van der Waals surface area contributed by atoms with E-state index in [-0.39, 0.29) is 30.7 Å². The molecule has 0 aliphatic carbocycles. The quantitative estimate of drug-likeness (QED) is 0.780. The van der Waals surface area contributed by atoms with Crippen molar-refractivity contribution in [1.29, 1.82) is 0 Å². The van der Waals surface area contributed by atoms with E-state index in [1.807, 2.05) is 7.05 Å². The maximum Gasteiger partial charge on any atom is 0.221 e. The van der Waals surface area contributed by atoms with Crippen molar-refractivity contribution in [2.24, 2.45) is 0 Å². The summed E-state index contributed by atoms with van der Waals surface area (Å²) in [5.74, 6) is 0.152. The molecule has 0 radical (unpaired) electrons. The maximum atomic E-state index is 11.4. The molecule has 1 aliphatic rings. The Morgan fingerprint density at radius 2 is 2.00 bits per heavy atom. The Morgan fingerprint density at radius 1 is 1.28 bits per heavy atom. The first-order valence-electron chi connectivity index (χ1n) is 6.39. The Labute approximate surface area is 123 Å². The minimum Gasteiger partial charge on any atom is -0.355 e. The topological polar surface area (TPSA) is 44.4 Å². The molecule has 0 aromatic rings. The van der Waals surface area contributed by atoms with Crippen molar-refractivity contribution in [1.82, 2.24) is 15.5 Å². The van der Waals surface area contributed by atoms with Gasteiger partial charge in [0.05, 0.1) is 0 Å². The zero-order chi connectivity index (χ0) is 11.8. The second-order valence-corrected chi connectivity index (χ2v) is 4.58. The van der Waals surface area contributed by atoms with E-state index in [0.717, 1.165) is 19.6 Å². The van der Waals surface area contributed by atoms with Crippen LogP contribution in [0.15, 0.2) is 0 Å². The molecular weight excluding hydrogens is 273 g/mol. The number of nitrogens with zero attached hydrogens (tertiary/aromatic N) is 1. The summed E-state index contributed by atoms with van der Waals surface area (Å²) in [5, 5.41) is 5.94. The molecule has 2 N–H and O–H groups in total. The lowest BCUT2D eigenvalue weighted by Gasteiger charge is -2.33. The van der Waals surface area contributed by atoms with Crippen LogP contribution in [0.5, 0.6) is 0 Å². The summed E-state index contributed by atoms with van der Waals surface area (Å²) >= 11 is 0. The van der Waals surface area contributed by atoms with Crippen molar-refractivity contribution in [2.75, 3.05) is 33.2 Å². The third kappa shape index (κ3) is 8.14. The summed E-state index contributed by atoms with van der Waals surface area (Å²) in [5.41, 5.74) is 0. The predicted octanol–water partition coefficient (Wildman–Crippen LogP) is 1.43. The van der Waals surface area contributed by atoms with E-state index in [1.165, 1.54) is 25.8 Å². The first kappa shape index (κ1) is 20.3. The van der Waals surface area contributed by atoms with Crippen LogP contribution in [-0.2, 0) is 4.79 Å². The van der Waals surface area contributed by atoms with E-state index in [2.05, 4.69) is 22.5 Å². The van der Waals surface area contributed by atoms with Crippen LogP contribution in [0.4, 0.5) is 0 Å². The van der Waals surface area contributed by atoms with E-state index in [0.29, 0.717) is 12.5 Å². The lowest BCUT2D eigenvalue weighted by atomic mass is 10.0. The molecule has 1 atom stereocenters. The van der Waals surface area contributed by atoms with Crippen LogP contribution in [0, 0.1) is 0 Å². The Balaban J connectivity index is 0. The molecule has 1 saturated heterocycles. The van der Waals surface area contributed by atoms with Gasteiger partial charge in [-0.05, 0) is 33.4 Å². The number of likely N-dealkylation sites (tertiary alicyclic amines) is 1. The second-order valence-electron chi connectivity index (χ2n) is 4.58. The van der Waals surface area contributed by atoms with Gasteiger partial charge in [0.1, 0.15) is 0 Å². The first-order valence-corrected chi connectivity index (χ1v) is 6.39. The van der Waals surface area contributed by atoms with Crippen LogP contribution in [-0.4, -0.2) is 50.1 Å². The molecule has 0 saturated carbocycles. The molecule has 4 nitrogen and oxygen atoms in total. The van der Waals surface area contributed by atoms with Crippen LogP contribution >= 0.6 is 24.8 Å². The highest BCUT2D eigenvalue weighted by atomic mass is 35.5. The van der Waals surface area contributed by atoms with Crippen molar-refractivity contribution in [3.8, 4) is 0 Å². The fraction of sp³-hybridized carbons (Fsp3) is 0.917. The minimum absolute atomic E-state index is 0. The fourth-order valence-electron chi connectivity index (χ4n) is 2.16. The van der Waals surface area contributed by atoms with Gasteiger partial charge in [-0.1, -0.05) is 6.42 Å². The normalized spacial score (nSPS) is 19.6. The fourth-order valence-corrected chi connectivity index (χ4v) is 2.16. The average molecular weight is 300 g/mol. The molecule has 18 heavy (non-hydrogen) atoms. The van der Waals surface area contributed by atoms with E-state index in [9.17, 15) is 4.79 Å². The number of rotatable bonds is 6. The van der Waals surface area contributed by atoms with E-state index < -0.39 is 0 Å². The van der Waals surface area contributed by atoms with E-state index in [1.54, 1.807) is 0 Å². The highest BCUT2D eigenvalue weighted by Gasteiger charge is 2.17. The van der Waals surface area contributed by atoms with Gasteiger partial charge in [0.15, 0.2) is 0 Å². The molecule has 110 valence electrons. The van der Waals surface area contributed by atoms with Crippen molar-refractivity contribution in [2.45, 2.75) is 38.6 Å². The van der Waals surface area contributed by atoms with Gasteiger partial charge in [0, 0.05) is 32.1 Å². The maximum absolute atomic E-state index is 11.4. The molecule has 0 aromatic heterocycles. The number of amides is 1. The van der Waals surface area contributed by atoms with Crippen molar-refractivity contribution in [3.05, 3.63) is 0 Å². The van der Waals surface area contributed by atoms with Crippen LogP contribution in [0.1, 0.15) is 32.6 Å². The zero-order valence-electron chi connectivity index (χ0n) is 11.4. The average Bonchev–Trinajstić information content (AvgIpc) is 2.29. The number of carbonyl (C=O) groups excluding carboxylic acids is 1. The number of carbonyl (C=O) groups is 1. The molecule has 0 spiro atoms. The predicted molar refractivity (Wildman–Crippen MR) is 80.9 cm³/mol. The second kappa shape index (κ2) is 12.0. The standard InChI is InChI=1S/C12H25N3O.2ClH/c1-11-5-3-4-9-15(11)10-8-14-12(16)6-7-13-2;;/h11,13H,3-10H2,1-2H3,(H,14,16);2*1H. The first-order chi connectivity index (χ1) is 7.74. The molecule has 1 rings (SSSR count). The number of hydrogen-bond acceptors (Lipinski definition) is 3. The third-order valence-electron chi connectivity index (χ3n) is 3.26. The minimum atomic E-state index is 0. The Morgan fingerprint density at radius 3 is 2.61 bits per heavy atom. The van der Waals surface area contributed by atoms with Gasteiger partial charge in [0.25, 0.3) is 0 Å². The highest BCUT2D eigenvalue weighted by Crippen LogP contribution is 2.15. The van der Waals surface area contributed by atoms with Crippen molar-refractivity contribution >= 4 is 30.7 Å². The van der Waals surface area contributed by atoms with Crippen molar-refractivity contribution in [3.63, 3.8) is 0 Å². The Bertz CT molecular complexity index is 217. The van der Waals surface area contributed by atoms with Gasteiger partial charge >= 0.3 is 0 Å².